The molecule has 0 radical (unpaired) electrons. The smallest absolute Gasteiger partial charge is 0.255 e. The van der Waals surface area contributed by atoms with E-state index in [1.807, 2.05) is 19.1 Å². The van der Waals surface area contributed by atoms with E-state index in [4.69, 9.17) is 9.26 Å². The van der Waals surface area contributed by atoms with Crippen molar-refractivity contribution in [1.82, 2.24) is 14.4 Å². The van der Waals surface area contributed by atoms with Crippen molar-refractivity contribution in [1.29, 1.82) is 0 Å². The molecular formula is C16H19N3O4S. The Kier molecular flexibility index (Phi) is 3.70. The number of nitrogens with zero attached hydrogens (tertiary/aromatic N) is 3. The summed E-state index contributed by atoms with van der Waals surface area (Å²) in [7, 11) is -3.49. The van der Waals surface area contributed by atoms with Crippen LogP contribution in [0.3, 0.4) is 0 Å². The molecule has 0 N–H and O–H groups in total. The number of hydrogen-bond donors (Lipinski definition) is 0. The average molecular weight is 349 g/mol. The lowest BCUT2D eigenvalue weighted by atomic mass is 10.0. The van der Waals surface area contributed by atoms with Gasteiger partial charge in [0.25, 0.3) is 5.89 Å². The van der Waals surface area contributed by atoms with Gasteiger partial charge < -0.3 is 9.26 Å². The fourth-order valence-electron chi connectivity index (χ4n) is 3.51. The van der Waals surface area contributed by atoms with Crippen LogP contribution in [0.4, 0.5) is 0 Å². The molecule has 1 aromatic carbocycles. The highest BCUT2D eigenvalue weighted by Gasteiger charge is 2.47. The molecular weight excluding hydrogens is 330 g/mol. The average Bonchev–Trinajstić information content (AvgIpc) is 3.21. The van der Waals surface area contributed by atoms with Crippen LogP contribution in [0.2, 0.25) is 0 Å². The predicted octanol–water partition coefficient (Wildman–Crippen LogP) is 1.84. The van der Waals surface area contributed by atoms with Gasteiger partial charge in [-0.3, -0.25) is 0 Å². The van der Waals surface area contributed by atoms with E-state index in [0.717, 1.165) is 5.56 Å². The van der Waals surface area contributed by atoms with E-state index in [-0.39, 0.29) is 18.1 Å². The normalized spacial score (nSPS) is 27.5. The number of ether oxygens (including phenoxy) is 1. The standard InChI is InChI=1S/C16H19N3O4S/c1-10-5-3-4-6-15(10)24(20,21)19-8-12-7-13(22-14(12)9-19)16-17-11(2)18-23-16/h3-6,12-14H,7-9H2,1-2H3/t12-,13+,14+/m0/s1. The summed E-state index contributed by atoms with van der Waals surface area (Å²) in [5.74, 6) is 1.21. The lowest BCUT2D eigenvalue weighted by molar-refractivity contribution is 0.0251. The van der Waals surface area contributed by atoms with Gasteiger partial charge in [0.05, 0.1) is 11.0 Å². The molecule has 0 saturated carbocycles. The molecule has 0 bridgehead atoms. The minimum atomic E-state index is -3.49. The van der Waals surface area contributed by atoms with Gasteiger partial charge in [-0.2, -0.15) is 9.29 Å². The number of rotatable bonds is 3. The van der Waals surface area contributed by atoms with E-state index in [9.17, 15) is 8.42 Å². The molecule has 0 unspecified atom stereocenters. The first-order valence-electron chi connectivity index (χ1n) is 7.96. The second-order valence-corrected chi connectivity index (χ2v) is 8.33. The van der Waals surface area contributed by atoms with Crippen LogP contribution in [0.5, 0.6) is 0 Å². The molecule has 7 nitrogen and oxygen atoms in total. The Morgan fingerprint density at radius 1 is 1.21 bits per heavy atom. The molecule has 1 aromatic heterocycles. The SMILES string of the molecule is Cc1noc([C@H]2C[C@H]3CN(S(=O)(=O)c4ccccc4C)C[C@H]3O2)n1. The Hall–Kier alpha value is -1.77. The molecule has 4 rings (SSSR count). The molecule has 0 aliphatic carbocycles. The lowest BCUT2D eigenvalue weighted by Gasteiger charge is -2.19. The van der Waals surface area contributed by atoms with E-state index in [2.05, 4.69) is 10.1 Å². The second-order valence-electron chi connectivity index (χ2n) is 6.43. The molecule has 3 heterocycles. The highest BCUT2D eigenvalue weighted by atomic mass is 32.2. The maximum absolute atomic E-state index is 12.9. The zero-order chi connectivity index (χ0) is 16.9. The highest BCUT2D eigenvalue weighted by Crippen LogP contribution is 2.41. The fourth-order valence-corrected chi connectivity index (χ4v) is 5.24. The minimum Gasteiger partial charge on any atom is -0.363 e. The summed E-state index contributed by atoms with van der Waals surface area (Å²) in [4.78, 5) is 4.58. The van der Waals surface area contributed by atoms with Gasteiger partial charge in [0, 0.05) is 19.0 Å². The van der Waals surface area contributed by atoms with Crippen molar-refractivity contribution in [2.24, 2.45) is 5.92 Å². The molecule has 2 fully saturated rings. The largest absolute Gasteiger partial charge is 0.363 e. The van der Waals surface area contributed by atoms with Crippen molar-refractivity contribution in [2.45, 2.75) is 37.4 Å². The van der Waals surface area contributed by atoms with Crippen molar-refractivity contribution in [3.63, 3.8) is 0 Å². The van der Waals surface area contributed by atoms with Crippen LogP contribution in [0.15, 0.2) is 33.7 Å². The highest BCUT2D eigenvalue weighted by molar-refractivity contribution is 7.89. The summed E-state index contributed by atoms with van der Waals surface area (Å²) in [6, 6.07) is 7.06. The van der Waals surface area contributed by atoms with Gasteiger partial charge in [-0.15, -0.1) is 0 Å². The summed E-state index contributed by atoms with van der Waals surface area (Å²) in [5, 5.41) is 3.79. The third-order valence-corrected chi connectivity index (χ3v) is 6.73. The summed E-state index contributed by atoms with van der Waals surface area (Å²) in [6.07, 6.45) is 0.344. The predicted molar refractivity (Wildman–Crippen MR) is 84.7 cm³/mol. The molecule has 128 valence electrons. The topological polar surface area (TPSA) is 85.5 Å². The Bertz CT molecular complexity index is 850. The first-order chi connectivity index (χ1) is 11.4. The Morgan fingerprint density at radius 2 is 2.00 bits per heavy atom. The van der Waals surface area contributed by atoms with Crippen molar-refractivity contribution in [3.05, 3.63) is 41.5 Å². The van der Waals surface area contributed by atoms with Crippen molar-refractivity contribution >= 4 is 10.0 Å². The summed E-state index contributed by atoms with van der Waals surface area (Å²) in [6.45, 7) is 4.41. The van der Waals surface area contributed by atoms with Crippen LogP contribution in [0.25, 0.3) is 0 Å². The number of hydrogen-bond acceptors (Lipinski definition) is 6. The van der Waals surface area contributed by atoms with Crippen molar-refractivity contribution in [2.75, 3.05) is 13.1 Å². The second kappa shape index (κ2) is 5.65. The van der Waals surface area contributed by atoms with Gasteiger partial charge in [0.15, 0.2) is 5.82 Å². The number of aryl methyl sites for hydroxylation is 2. The van der Waals surface area contributed by atoms with E-state index in [1.54, 1.807) is 19.1 Å². The Balaban J connectivity index is 1.50. The van der Waals surface area contributed by atoms with E-state index >= 15 is 0 Å². The van der Waals surface area contributed by atoms with Crippen LogP contribution in [0, 0.1) is 19.8 Å². The molecule has 3 atom stereocenters. The van der Waals surface area contributed by atoms with Crippen LogP contribution >= 0.6 is 0 Å². The van der Waals surface area contributed by atoms with E-state index in [1.165, 1.54) is 4.31 Å². The molecule has 0 amide bonds. The van der Waals surface area contributed by atoms with Gasteiger partial charge in [-0.05, 0) is 31.9 Å². The number of sulfonamides is 1. The van der Waals surface area contributed by atoms with Gasteiger partial charge >= 0.3 is 0 Å². The Morgan fingerprint density at radius 3 is 2.67 bits per heavy atom. The quantitative estimate of drug-likeness (QED) is 0.840. The van der Waals surface area contributed by atoms with E-state index < -0.39 is 10.0 Å². The molecule has 2 saturated heterocycles. The molecule has 8 heteroatoms. The van der Waals surface area contributed by atoms with E-state index in [0.29, 0.717) is 36.1 Å². The van der Waals surface area contributed by atoms with Crippen LogP contribution < -0.4 is 0 Å². The van der Waals surface area contributed by atoms with Crippen LogP contribution in [-0.4, -0.2) is 42.1 Å². The van der Waals surface area contributed by atoms with Gasteiger partial charge in [0.1, 0.15) is 6.10 Å². The number of fused-ring (bicyclic) bond motifs is 1. The zero-order valence-electron chi connectivity index (χ0n) is 13.5. The van der Waals surface area contributed by atoms with Gasteiger partial charge in [0.2, 0.25) is 10.0 Å². The zero-order valence-corrected chi connectivity index (χ0v) is 14.4. The molecule has 24 heavy (non-hydrogen) atoms. The van der Waals surface area contributed by atoms with Crippen molar-refractivity contribution in [3.8, 4) is 0 Å². The van der Waals surface area contributed by atoms with Gasteiger partial charge in [-0.25, -0.2) is 8.42 Å². The maximum atomic E-state index is 12.9. The summed E-state index contributed by atoms with van der Waals surface area (Å²) in [5.41, 5.74) is 0.759. The fraction of sp³-hybridized carbons (Fsp3) is 0.500. The monoisotopic (exact) mass is 349 g/mol. The number of aromatic nitrogens is 2. The summed E-state index contributed by atoms with van der Waals surface area (Å²) >= 11 is 0. The maximum Gasteiger partial charge on any atom is 0.255 e. The van der Waals surface area contributed by atoms with Crippen molar-refractivity contribution < 1.29 is 17.7 Å². The third-order valence-electron chi connectivity index (χ3n) is 4.73. The van der Waals surface area contributed by atoms with Gasteiger partial charge in [-0.1, -0.05) is 23.4 Å². The van der Waals surface area contributed by atoms with Crippen LogP contribution in [-0.2, 0) is 14.8 Å². The Labute approximate surface area is 140 Å². The third kappa shape index (κ3) is 2.54. The van der Waals surface area contributed by atoms with Crippen LogP contribution in [0.1, 0.15) is 29.8 Å². The minimum absolute atomic E-state index is 0.124. The number of benzene rings is 1. The summed E-state index contributed by atoms with van der Waals surface area (Å²) < 4.78 is 38.4. The molecule has 2 aliphatic rings. The molecule has 2 aliphatic heterocycles. The molecule has 2 aromatic rings. The first kappa shape index (κ1) is 15.7. The lowest BCUT2D eigenvalue weighted by Crippen LogP contribution is -2.31. The molecule has 0 spiro atoms. The first-order valence-corrected chi connectivity index (χ1v) is 9.40.